The minimum absolute atomic E-state index is 0.723. The number of fused-ring (bicyclic) bond motifs is 6. The number of furan rings is 1. The van der Waals surface area contributed by atoms with Gasteiger partial charge in [-0.15, -0.1) is 11.3 Å². The molecule has 0 saturated carbocycles. The van der Waals surface area contributed by atoms with Gasteiger partial charge in [-0.3, -0.25) is 4.99 Å². The minimum Gasteiger partial charge on any atom is -0.456 e. The zero-order chi connectivity index (χ0) is 25.8. The average Bonchev–Trinajstić information content (AvgIpc) is 3.49. The van der Waals surface area contributed by atoms with Gasteiger partial charge in [0.05, 0.1) is 5.70 Å². The molecule has 0 aliphatic carbocycles. The largest absolute Gasteiger partial charge is 0.456 e. The predicted molar refractivity (Wildman–Crippen MR) is 164 cm³/mol. The van der Waals surface area contributed by atoms with Crippen LogP contribution in [0.5, 0.6) is 0 Å². The molecule has 0 atom stereocenters. The second-order valence-electron chi connectivity index (χ2n) is 9.85. The molecule has 0 aliphatic heterocycles. The van der Waals surface area contributed by atoms with E-state index in [0.29, 0.717) is 0 Å². The fourth-order valence-electron chi connectivity index (χ4n) is 5.21. The summed E-state index contributed by atoms with van der Waals surface area (Å²) in [4.78, 5) is 4.76. The molecule has 2 heterocycles. The van der Waals surface area contributed by atoms with Crippen LogP contribution in [0.2, 0.25) is 0 Å². The molecule has 2 aromatic heterocycles. The Labute approximate surface area is 225 Å². The Hall–Kier alpha value is -4.47. The Balaban J connectivity index is 1.26. The van der Waals surface area contributed by atoms with E-state index in [-0.39, 0.29) is 0 Å². The standard InChI is InChI=1S/C35H25NOS/c1-21-9-13-29-30-15-11-27(20-35(30)38-34(29)17-21)26-12-16-32-31(18-26)28-14-10-25(19-33(28)37-32)23(3)36-22(2)24-7-5-4-6-8-24/h4-20H,3H2,1-2H3/b36-22+. The molecule has 7 aromatic rings. The van der Waals surface area contributed by atoms with E-state index in [9.17, 15) is 0 Å². The van der Waals surface area contributed by atoms with Crippen LogP contribution in [0.3, 0.4) is 0 Å². The lowest BCUT2D eigenvalue weighted by Crippen LogP contribution is -1.94. The number of aliphatic imine (C=N–C) groups is 1. The van der Waals surface area contributed by atoms with Crippen molar-refractivity contribution in [2.45, 2.75) is 13.8 Å². The number of aryl methyl sites for hydroxylation is 1. The quantitative estimate of drug-likeness (QED) is 0.218. The summed E-state index contributed by atoms with van der Waals surface area (Å²) in [7, 11) is 0. The summed E-state index contributed by atoms with van der Waals surface area (Å²) in [6.45, 7) is 8.39. The molecule has 0 saturated heterocycles. The summed E-state index contributed by atoms with van der Waals surface area (Å²) in [6, 6.07) is 36.4. The number of hydrogen-bond acceptors (Lipinski definition) is 3. The maximum atomic E-state index is 6.26. The summed E-state index contributed by atoms with van der Waals surface area (Å²) in [6.07, 6.45) is 0. The van der Waals surface area contributed by atoms with Crippen LogP contribution in [0, 0.1) is 6.92 Å². The maximum absolute atomic E-state index is 6.26. The lowest BCUT2D eigenvalue weighted by Gasteiger charge is -2.04. The summed E-state index contributed by atoms with van der Waals surface area (Å²) < 4.78 is 8.91. The van der Waals surface area contributed by atoms with Crippen LogP contribution in [0.4, 0.5) is 0 Å². The van der Waals surface area contributed by atoms with Crippen LogP contribution < -0.4 is 0 Å². The highest BCUT2D eigenvalue weighted by Crippen LogP contribution is 2.38. The number of hydrogen-bond donors (Lipinski definition) is 0. The first-order chi connectivity index (χ1) is 18.5. The Morgan fingerprint density at radius 3 is 2.21 bits per heavy atom. The molecule has 3 heteroatoms. The Morgan fingerprint density at radius 2 is 1.37 bits per heavy atom. The van der Waals surface area contributed by atoms with E-state index in [2.05, 4.69) is 92.4 Å². The summed E-state index contributed by atoms with van der Waals surface area (Å²) in [5.41, 5.74) is 9.14. The predicted octanol–water partition coefficient (Wildman–Crippen LogP) is 10.4. The summed E-state index contributed by atoms with van der Waals surface area (Å²) in [5.74, 6) is 0. The van der Waals surface area contributed by atoms with Crippen molar-refractivity contribution in [2.75, 3.05) is 0 Å². The molecule has 2 nitrogen and oxygen atoms in total. The van der Waals surface area contributed by atoms with Gasteiger partial charge in [0.15, 0.2) is 0 Å². The van der Waals surface area contributed by atoms with Gasteiger partial charge in [0.2, 0.25) is 0 Å². The molecule has 0 amide bonds. The highest BCUT2D eigenvalue weighted by Gasteiger charge is 2.12. The van der Waals surface area contributed by atoms with Crippen molar-refractivity contribution in [3.05, 3.63) is 126 Å². The number of benzene rings is 5. The highest BCUT2D eigenvalue weighted by atomic mass is 32.1. The zero-order valence-corrected chi connectivity index (χ0v) is 22.1. The van der Waals surface area contributed by atoms with Crippen LogP contribution in [0.15, 0.2) is 119 Å². The van der Waals surface area contributed by atoms with E-state index < -0.39 is 0 Å². The third-order valence-corrected chi connectivity index (χ3v) is 8.38. The Bertz CT molecular complexity index is 2060. The summed E-state index contributed by atoms with van der Waals surface area (Å²) >= 11 is 1.86. The number of rotatable bonds is 4. The van der Waals surface area contributed by atoms with Crippen molar-refractivity contribution in [3.63, 3.8) is 0 Å². The van der Waals surface area contributed by atoms with Crippen LogP contribution in [-0.2, 0) is 0 Å². The first-order valence-electron chi connectivity index (χ1n) is 12.7. The third kappa shape index (κ3) is 3.84. The molecular weight excluding hydrogens is 482 g/mol. The van der Waals surface area contributed by atoms with E-state index >= 15 is 0 Å². The smallest absolute Gasteiger partial charge is 0.136 e. The van der Waals surface area contributed by atoms with Gasteiger partial charge >= 0.3 is 0 Å². The molecule has 0 bridgehead atoms. The van der Waals surface area contributed by atoms with Crippen molar-refractivity contribution >= 4 is 64.9 Å². The van der Waals surface area contributed by atoms with E-state index in [1.54, 1.807) is 0 Å². The molecule has 7 rings (SSSR count). The van der Waals surface area contributed by atoms with Crippen LogP contribution >= 0.6 is 11.3 Å². The fourth-order valence-corrected chi connectivity index (χ4v) is 6.45. The van der Waals surface area contributed by atoms with Crippen LogP contribution in [-0.4, -0.2) is 5.71 Å². The highest BCUT2D eigenvalue weighted by molar-refractivity contribution is 7.25. The van der Waals surface area contributed by atoms with E-state index in [1.165, 1.54) is 36.9 Å². The monoisotopic (exact) mass is 507 g/mol. The molecule has 182 valence electrons. The topological polar surface area (TPSA) is 25.5 Å². The molecule has 38 heavy (non-hydrogen) atoms. The van der Waals surface area contributed by atoms with Crippen molar-refractivity contribution < 1.29 is 4.42 Å². The van der Waals surface area contributed by atoms with Crippen LogP contribution in [0.1, 0.15) is 23.6 Å². The van der Waals surface area contributed by atoms with Gasteiger partial charge in [-0.05, 0) is 72.5 Å². The van der Waals surface area contributed by atoms with Crippen molar-refractivity contribution in [2.24, 2.45) is 4.99 Å². The van der Waals surface area contributed by atoms with Gasteiger partial charge in [-0.1, -0.05) is 73.3 Å². The van der Waals surface area contributed by atoms with Gasteiger partial charge in [0.25, 0.3) is 0 Å². The minimum atomic E-state index is 0.723. The molecule has 0 aliphatic rings. The normalized spacial score (nSPS) is 12.2. The maximum Gasteiger partial charge on any atom is 0.136 e. The molecule has 0 radical (unpaired) electrons. The zero-order valence-electron chi connectivity index (χ0n) is 21.3. The van der Waals surface area contributed by atoms with Gasteiger partial charge in [0, 0.05) is 42.2 Å². The summed E-state index contributed by atoms with van der Waals surface area (Å²) in [5, 5.41) is 4.87. The number of thiophene rings is 1. The fraction of sp³-hybridized carbons (Fsp3) is 0.0571. The SMILES string of the molecule is C=C(/N=C(\C)c1ccccc1)c1ccc2c(c1)oc1ccc(-c3ccc4c(c3)sc3cc(C)ccc34)cc12. The molecular formula is C35H25NOS. The van der Waals surface area contributed by atoms with Gasteiger partial charge in [-0.2, -0.15) is 0 Å². The van der Waals surface area contributed by atoms with E-state index in [0.717, 1.165) is 44.5 Å². The first kappa shape index (κ1) is 22.7. The Kier molecular flexibility index (Phi) is 5.27. The second kappa shape index (κ2) is 8.83. The van der Waals surface area contributed by atoms with Crippen molar-refractivity contribution in [1.29, 1.82) is 0 Å². The average molecular weight is 508 g/mol. The molecule has 5 aromatic carbocycles. The first-order valence-corrected chi connectivity index (χ1v) is 13.5. The van der Waals surface area contributed by atoms with Gasteiger partial charge in [0.1, 0.15) is 11.2 Å². The third-order valence-electron chi connectivity index (χ3n) is 7.26. The lowest BCUT2D eigenvalue weighted by molar-refractivity contribution is 0.669. The molecule has 0 N–H and O–H groups in total. The number of nitrogens with zero attached hydrogens (tertiary/aromatic N) is 1. The molecule has 0 fully saturated rings. The van der Waals surface area contributed by atoms with Gasteiger partial charge < -0.3 is 4.42 Å². The van der Waals surface area contributed by atoms with Crippen molar-refractivity contribution in [1.82, 2.24) is 0 Å². The van der Waals surface area contributed by atoms with E-state index in [1.807, 2.05) is 42.5 Å². The molecule has 0 unspecified atom stereocenters. The Morgan fingerprint density at radius 1 is 0.658 bits per heavy atom. The lowest BCUT2D eigenvalue weighted by atomic mass is 10.0. The van der Waals surface area contributed by atoms with Gasteiger partial charge in [-0.25, -0.2) is 0 Å². The van der Waals surface area contributed by atoms with Crippen molar-refractivity contribution in [3.8, 4) is 11.1 Å². The second-order valence-corrected chi connectivity index (χ2v) is 10.9. The molecule has 0 spiro atoms. The van der Waals surface area contributed by atoms with Crippen LogP contribution in [0.25, 0.3) is 58.9 Å². The van der Waals surface area contributed by atoms with E-state index in [4.69, 9.17) is 9.41 Å².